The number of hydrogen-bond donors (Lipinski definition) is 1. The maximum atomic E-state index is 12.7. The minimum Gasteiger partial charge on any atom is -0.442 e. The van der Waals surface area contributed by atoms with Crippen LogP contribution in [0.4, 0.5) is 4.79 Å². The monoisotopic (exact) mass is 372 g/mol. The number of amides is 1. The fraction of sp³-hybridized carbons (Fsp3) is 0.476. The van der Waals surface area contributed by atoms with Gasteiger partial charge in [0.25, 0.3) is 0 Å². The number of benzene rings is 1. The summed E-state index contributed by atoms with van der Waals surface area (Å²) in [5, 5.41) is 1.18. The van der Waals surface area contributed by atoms with Crippen molar-refractivity contribution in [2.24, 2.45) is 0 Å². The van der Waals surface area contributed by atoms with Crippen molar-refractivity contribution in [3.05, 3.63) is 47.2 Å². The first-order valence-corrected chi connectivity index (χ1v) is 9.24. The molecule has 0 bridgehead atoms. The second-order valence-corrected chi connectivity index (χ2v) is 7.69. The van der Waals surface area contributed by atoms with E-state index in [9.17, 15) is 14.4 Å². The highest BCUT2D eigenvalue weighted by molar-refractivity contribution is 6.21. The standard InChI is InChI=1S/C21H28N2O4/c1-21(2,3)27-20(26)23(4)22-16-11-8-12-17(24)19(16)18(25)14-13-15-9-6-5-7-10-15/h5-7,9-10,22H,8,11-14H2,1-4H3. The van der Waals surface area contributed by atoms with Crippen molar-refractivity contribution in [3.63, 3.8) is 0 Å². The van der Waals surface area contributed by atoms with Gasteiger partial charge in [0, 0.05) is 25.6 Å². The van der Waals surface area contributed by atoms with E-state index in [1.165, 1.54) is 12.1 Å². The number of Topliss-reactive ketones (excluding diaryl/α,β-unsaturated/α-hetero) is 2. The molecule has 0 radical (unpaired) electrons. The van der Waals surface area contributed by atoms with Crippen molar-refractivity contribution in [3.8, 4) is 0 Å². The van der Waals surface area contributed by atoms with Crippen LogP contribution in [0.25, 0.3) is 0 Å². The van der Waals surface area contributed by atoms with E-state index < -0.39 is 11.7 Å². The van der Waals surface area contributed by atoms with Crippen molar-refractivity contribution < 1.29 is 19.1 Å². The Bertz CT molecular complexity index is 732. The van der Waals surface area contributed by atoms with Gasteiger partial charge in [0.2, 0.25) is 0 Å². The summed E-state index contributed by atoms with van der Waals surface area (Å²) < 4.78 is 5.30. The zero-order chi connectivity index (χ0) is 20.0. The van der Waals surface area contributed by atoms with E-state index in [0.717, 1.165) is 5.56 Å². The Labute approximate surface area is 160 Å². The number of carbonyl (C=O) groups is 3. The molecular formula is C21H28N2O4. The molecule has 0 fully saturated rings. The molecule has 6 nitrogen and oxygen atoms in total. The Kier molecular flexibility index (Phi) is 6.77. The number of ketones is 2. The van der Waals surface area contributed by atoms with Crippen molar-refractivity contribution in [1.82, 2.24) is 10.4 Å². The average Bonchev–Trinajstić information content (AvgIpc) is 2.59. The van der Waals surface area contributed by atoms with Crippen LogP contribution < -0.4 is 5.43 Å². The predicted molar refractivity (Wildman–Crippen MR) is 103 cm³/mol. The number of hydrazine groups is 1. The third-order valence-corrected chi connectivity index (χ3v) is 4.14. The molecule has 1 amide bonds. The van der Waals surface area contributed by atoms with Gasteiger partial charge in [0.05, 0.1) is 5.57 Å². The normalized spacial score (nSPS) is 14.7. The quantitative estimate of drug-likeness (QED) is 0.610. The van der Waals surface area contributed by atoms with Crippen LogP contribution in [-0.4, -0.2) is 35.3 Å². The topological polar surface area (TPSA) is 75.7 Å². The summed E-state index contributed by atoms with van der Waals surface area (Å²) in [4.78, 5) is 37.3. The van der Waals surface area contributed by atoms with Crippen LogP contribution in [0.1, 0.15) is 52.0 Å². The second-order valence-electron chi connectivity index (χ2n) is 7.69. The Morgan fingerprint density at radius 2 is 1.81 bits per heavy atom. The van der Waals surface area contributed by atoms with Crippen molar-refractivity contribution >= 4 is 17.7 Å². The average molecular weight is 372 g/mol. The largest absolute Gasteiger partial charge is 0.442 e. The van der Waals surface area contributed by atoms with E-state index in [1.54, 1.807) is 20.8 Å². The molecule has 1 aromatic rings. The molecule has 146 valence electrons. The number of allylic oxidation sites excluding steroid dienone is 2. The van der Waals surface area contributed by atoms with Crippen LogP contribution in [-0.2, 0) is 20.7 Å². The fourth-order valence-electron chi connectivity index (χ4n) is 2.89. The van der Waals surface area contributed by atoms with E-state index in [4.69, 9.17) is 4.74 Å². The smallest absolute Gasteiger partial charge is 0.428 e. The van der Waals surface area contributed by atoms with Gasteiger partial charge in [0.1, 0.15) is 5.60 Å². The maximum absolute atomic E-state index is 12.7. The number of rotatable bonds is 6. The van der Waals surface area contributed by atoms with Gasteiger partial charge >= 0.3 is 6.09 Å². The Balaban J connectivity index is 2.10. The first-order valence-electron chi connectivity index (χ1n) is 9.24. The SMILES string of the molecule is CN(NC1=C(C(=O)CCc2ccccc2)C(=O)CCC1)C(=O)OC(C)(C)C. The van der Waals surface area contributed by atoms with Gasteiger partial charge in [-0.2, -0.15) is 0 Å². The highest BCUT2D eigenvalue weighted by atomic mass is 16.6. The van der Waals surface area contributed by atoms with Gasteiger partial charge in [-0.25, -0.2) is 9.80 Å². The molecule has 1 aliphatic rings. The maximum Gasteiger partial charge on any atom is 0.428 e. The van der Waals surface area contributed by atoms with Gasteiger partial charge in [-0.3, -0.25) is 15.0 Å². The minimum atomic E-state index is -0.627. The lowest BCUT2D eigenvalue weighted by molar-refractivity contribution is -0.122. The Morgan fingerprint density at radius 1 is 1.15 bits per heavy atom. The van der Waals surface area contributed by atoms with Crippen LogP contribution in [0.15, 0.2) is 41.6 Å². The van der Waals surface area contributed by atoms with Crippen LogP contribution in [0, 0.1) is 0 Å². The third-order valence-electron chi connectivity index (χ3n) is 4.14. The Hall–Kier alpha value is -2.63. The van der Waals surface area contributed by atoms with Gasteiger partial charge in [-0.1, -0.05) is 30.3 Å². The van der Waals surface area contributed by atoms with Crippen molar-refractivity contribution in [1.29, 1.82) is 0 Å². The number of nitrogens with one attached hydrogen (secondary N) is 1. The molecule has 1 aromatic carbocycles. The summed E-state index contributed by atoms with van der Waals surface area (Å²) in [5.74, 6) is -0.358. The number of aryl methyl sites for hydroxylation is 1. The van der Waals surface area contributed by atoms with E-state index in [2.05, 4.69) is 5.43 Å². The van der Waals surface area contributed by atoms with Crippen molar-refractivity contribution in [2.45, 2.75) is 58.5 Å². The molecule has 0 aliphatic heterocycles. The summed E-state index contributed by atoms with van der Waals surface area (Å²) in [6, 6.07) is 9.69. The number of nitrogens with zero attached hydrogens (tertiary/aromatic N) is 1. The molecule has 1 N–H and O–H groups in total. The van der Waals surface area contributed by atoms with Gasteiger partial charge in [-0.15, -0.1) is 0 Å². The molecule has 0 atom stereocenters. The van der Waals surface area contributed by atoms with Gasteiger partial charge in [-0.05, 0) is 45.6 Å². The van der Waals surface area contributed by atoms with Gasteiger partial charge < -0.3 is 4.74 Å². The van der Waals surface area contributed by atoms with E-state index in [-0.39, 0.29) is 23.6 Å². The highest BCUT2D eigenvalue weighted by Gasteiger charge is 2.28. The lowest BCUT2D eigenvalue weighted by Crippen LogP contribution is -2.44. The van der Waals surface area contributed by atoms with Crippen LogP contribution >= 0.6 is 0 Å². The van der Waals surface area contributed by atoms with Crippen LogP contribution in [0.5, 0.6) is 0 Å². The molecule has 0 aromatic heterocycles. The Morgan fingerprint density at radius 3 is 2.44 bits per heavy atom. The predicted octanol–water partition coefficient (Wildman–Crippen LogP) is 3.57. The van der Waals surface area contributed by atoms with Crippen LogP contribution in [0.2, 0.25) is 0 Å². The number of ether oxygens (including phenoxy) is 1. The first-order chi connectivity index (χ1) is 12.7. The highest BCUT2D eigenvalue weighted by Crippen LogP contribution is 2.23. The first kappa shape index (κ1) is 20.7. The van der Waals surface area contributed by atoms with Crippen LogP contribution in [0.3, 0.4) is 0 Å². The molecule has 0 saturated heterocycles. The zero-order valence-corrected chi connectivity index (χ0v) is 16.5. The lowest BCUT2D eigenvalue weighted by Gasteiger charge is -2.28. The summed E-state index contributed by atoms with van der Waals surface area (Å²) in [5.41, 5.74) is 4.01. The van der Waals surface area contributed by atoms with E-state index in [1.807, 2.05) is 30.3 Å². The summed E-state index contributed by atoms with van der Waals surface area (Å²) >= 11 is 0. The summed E-state index contributed by atoms with van der Waals surface area (Å²) in [6.45, 7) is 5.34. The number of carbonyl (C=O) groups excluding carboxylic acids is 3. The van der Waals surface area contributed by atoms with E-state index >= 15 is 0 Å². The number of hydrogen-bond acceptors (Lipinski definition) is 5. The molecule has 2 rings (SSSR count). The molecular weight excluding hydrogens is 344 g/mol. The van der Waals surface area contributed by atoms with Crippen molar-refractivity contribution in [2.75, 3.05) is 7.05 Å². The summed E-state index contributed by atoms with van der Waals surface area (Å²) in [6.07, 6.45) is 1.82. The van der Waals surface area contributed by atoms with Gasteiger partial charge in [0.15, 0.2) is 11.6 Å². The van der Waals surface area contributed by atoms with E-state index in [0.29, 0.717) is 31.4 Å². The lowest BCUT2D eigenvalue weighted by atomic mass is 9.90. The third kappa shape index (κ3) is 6.24. The second kappa shape index (κ2) is 8.84. The molecule has 0 unspecified atom stereocenters. The molecule has 6 heteroatoms. The zero-order valence-electron chi connectivity index (χ0n) is 16.5. The summed E-state index contributed by atoms with van der Waals surface area (Å²) in [7, 11) is 1.52. The fourth-order valence-corrected chi connectivity index (χ4v) is 2.89. The molecule has 1 aliphatic carbocycles. The molecule has 27 heavy (non-hydrogen) atoms. The molecule has 0 heterocycles. The minimum absolute atomic E-state index is 0.167. The molecule has 0 spiro atoms. The molecule has 0 saturated carbocycles.